The number of ether oxygens (including phenoxy) is 1. The summed E-state index contributed by atoms with van der Waals surface area (Å²) in [7, 11) is 0. The minimum Gasteiger partial charge on any atom is -0.464 e. The topological polar surface area (TPSA) is 9.23 Å². The maximum absolute atomic E-state index is 14.0. The van der Waals surface area contributed by atoms with Gasteiger partial charge in [-0.05, 0) is 11.1 Å². The van der Waals surface area contributed by atoms with Crippen LogP contribution in [0.2, 0.25) is 0 Å². The molecule has 0 atom stereocenters. The summed E-state index contributed by atoms with van der Waals surface area (Å²) in [6, 6.07) is 6.41. The van der Waals surface area contributed by atoms with Crippen LogP contribution in [0, 0.1) is 0 Å². The second-order valence-corrected chi connectivity index (χ2v) is 7.17. The van der Waals surface area contributed by atoms with Crippen LogP contribution in [-0.4, -0.2) is 24.7 Å². The largest absolute Gasteiger partial charge is 0.464 e. The van der Waals surface area contributed by atoms with Gasteiger partial charge in [-0.3, -0.25) is 0 Å². The van der Waals surface area contributed by atoms with Crippen LogP contribution in [0.25, 0.3) is 0 Å². The molecule has 0 heterocycles. The van der Waals surface area contributed by atoms with Crippen LogP contribution in [0.4, 0.5) is 52.7 Å². The third kappa shape index (κ3) is 4.36. The Morgan fingerprint density at radius 1 is 0.457 bits per heavy atom. The number of alkyl halides is 12. The second kappa shape index (κ2) is 8.83. The highest BCUT2D eigenvalue weighted by molar-refractivity contribution is 5.42. The number of halogens is 12. The van der Waals surface area contributed by atoms with E-state index in [1.807, 2.05) is 0 Å². The van der Waals surface area contributed by atoms with E-state index >= 15 is 0 Å². The lowest BCUT2D eigenvalue weighted by Gasteiger charge is -2.42. The van der Waals surface area contributed by atoms with Crippen molar-refractivity contribution in [3.8, 4) is 0 Å². The molecule has 2 rings (SSSR count). The van der Waals surface area contributed by atoms with Gasteiger partial charge in [0.25, 0.3) is 0 Å². The van der Waals surface area contributed by atoms with Crippen LogP contribution >= 0.6 is 0 Å². The van der Waals surface area contributed by atoms with Gasteiger partial charge >= 0.3 is 24.7 Å². The fourth-order valence-corrected chi connectivity index (χ4v) is 3.61. The molecule has 0 aliphatic rings. The summed E-state index contributed by atoms with van der Waals surface area (Å²) < 4.78 is 172. The zero-order valence-electron chi connectivity index (χ0n) is 17.1. The Kier molecular flexibility index (Phi) is 7.09. The quantitative estimate of drug-likeness (QED) is 0.275. The predicted octanol–water partition coefficient (Wildman–Crippen LogP) is 8.16. The molecule has 0 saturated carbocycles. The van der Waals surface area contributed by atoms with Crippen LogP contribution in [-0.2, 0) is 15.6 Å². The lowest BCUT2D eigenvalue weighted by Crippen LogP contribution is -2.58. The Balaban J connectivity index is 2.83. The minimum absolute atomic E-state index is 0.330. The third-order valence-electron chi connectivity index (χ3n) is 5.20. The number of benzene rings is 2. The van der Waals surface area contributed by atoms with Crippen LogP contribution in [0.3, 0.4) is 0 Å². The van der Waals surface area contributed by atoms with E-state index < -0.39 is 58.2 Å². The van der Waals surface area contributed by atoms with Crippen LogP contribution in [0.5, 0.6) is 0 Å². The molecule has 1 nitrogen and oxygen atoms in total. The molecule has 13 heteroatoms. The highest BCUT2D eigenvalue weighted by Gasteiger charge is 2.77. The van der Waals surface area contributed by atoms with E-state index in [2.05, 4.69) is 17.9 Å². The maximum atomic E-state index is 14.0. The van der Waals surface area contributed by atoms with Crippen LogP contribution < -0.4 is 0 Å². The summed E-state index contributed by atoms with van der Waals surface area (Å²) in [5, 5.41) is 0. The molecule has 0 aliphatic heterocycles. The minimum atomic E-state index is -6.35. The highest BCUT2D eigenvalue weighted by atomic mass is 19.4. The Bertz CT molecular complexity index is 931. The lowest BCUT2D eigenvalue weighted by atomic mass is 9.75. The van der Waals surface area contributed by atoms with Crippen LogP contribution in [0.15, 0.2) is 85.3 Å². The van der Waals surface area contributed by atoms with Crippen molar-refractivity contribution >= 4 is 0 Å². The number of rotatable bonds is 6. The zero-order valence-corrected chi connectivity index (χ0v) is 17.1. The summed E-state index contributed by atoms with van der Waals surface area (Å²) in [4.78, 5) is 0. The summed E-state index contributed by atoms with van der Waals surface area (Å²) in [5.74, 6) is -5.00. The molecule has 0 aromatic heterocycles. The van der Waals surface area contributed by atoms with E-state index in [4.69, 9.17) is 0 Å². The van der Waals surface area contributed by atoms with Crippen molar-refractivity contribution in [2.45, 2.75) is 35.5 Å². The number of hydrogen-bond acceptors (Lipinski definition) is 1. The van der Waals surface area contributed by atoms with Crippen molar-refractivity contribution in [1.82, 2.24) is 0 Å². The molecular formula is C22H14F12O. The van der Waals surface area contributed by atoms with E-state index in [0.717, 1.165) is 36.4 Å². The van der Waals surface area contributed by atoms with E-state index in [9.17, 15) is 52.7 Å². The van der Waals surface area contributed by atoms with Crippen molar-refractivity contribution in [3.05, 3.63) is 96.5 Å². The summed E-state index contributed by atoms with van der Waals surface area (Å²) in [5.41, 5.74) is -13.6. The second-order valence-electron chi connectivity index (χ2n) is 7.17. The van der Waals surface area contributed by atoms with E-state index in [1.54, 1.807) is 0 Å². The van der Waals surface area contributed by atoms with Crippen molar-refractivity contribution in [3.63, 3.8) is 0 Å². The molecule has 0 unspecified atom stereocenters. The van der Waals surface area contributed by atoms with Gasteiger partial charge in [-0.1, -0.05) is 73.8 Å². The molecule has 35 heavy (non-hydrogen) atoms. The average Bonchev–Trinajstić information content (AvgIpc) is 2.66. The van der Waals surface area contributed by atoms with Crippen molar-refractivity contribution in [2.75, 3.05) is 0 Å². The van der Waals surface area contributed by atoms with Gasteiger partial charge in [0.1, 0.15) is 11.5 Å². The van der Waals surface area contributed by atoms with Gasteiger partial charge in [0, 0.05) is 0 Å². The first-order chi connectivity index (χ1) is 15.8. The molecule has 2 aromatic rings. The monoisotopic (exact) mass is 522 g/mol. The van der Waals surface area contributed by atoms with Gasteiger partial charge in [0.05, 0.1) is 0 Å². The lowest BCUT2D eigenvalue weighted by molar-refractivity contribution is -0.307. The standard InChI is InChI=1S/C22H14F12O/c1-13(17(19(23,24)25,20(26,27)28)15-9-5-3-6-10-15)35-14(2)18(21(29,30)31,22(32,33)34)16-11-7-4-8-12-16/h3-12H,1-2H2. The highest BCUT2D eigenvalue weighted by Crippen LogP contribution is 2.60. The van der Waals surface area contributed by atoms with Gasteiger partial charge in [0.15, 0.2) is 0 Å². The summed E-state index contributed by atoms with van der Waals surface area (Å²) in [6.07, 6.45) is -25.4. The molecule has 192 valence electrons. The maximum Gasteiger partial charge on any atom is 0.414 e. The van der Waals surface area contributed by atoms with Crippen LogP contribution in [0.1, 0.15) is 11.1 Å². The molecule has 0 spiro atoms. The van der Waals surface area contributed by atoms with Gasteiger partial charge in [-0.2, -0.15) is 52.7 Å². The van der Waals surface area contributed by atoms with Gasteiger partial charge in [-0.15, -0.1) is 0 Å². The molecule has 0 bridgehead atoms. The third-order valence-corrected chi connectivity index (χ3v) is 5.20. The fraction of sp³-hybridized carbons (Fsp3) is 0.273. The first-order valence-corrected chi connectivity index (χ1v) is 9.20. The normalized spacial score (nSPS) is 13.9. The first kappa shape index (κ1) is 28.1. The van der Waals surface area contributed by atoms with E-state index in [0.29, 0.717) is 24.3 Å². The fourth-order valence-electron chi connectivity index (χ4n) is 3.61. The molecule has 0 N–H and O–H groups in total. The van der Waals surface area contributed by atoms with Crippen molar-refractivity contribution < 1.29 is 57.4 Å². The predicted molar refractivity (Wildman–Crippen MR) is 99.8 cm³/mol. The molecule has 0 amide bonds. The summed E-state index contributed by atoms with van der Waals surface area (Å²) >= 11 is 0. The molecule has 2 aromatic carbocycles. The molecule has 0 fully saturated rings. The molecular weight excluding hydrogens is 508 g/mol. The first-order valence-electron chi connectivity index (χ1n) is 9.20. The molecule has 0 saturated heterocycles. The Hall–Kier alpha value is -3.12. The average molecular weight is 522 g/mol. The smallest absolute Gasteiger partial charge is 0.414 e. The summed E-state index contributed by atoms with van der Waals surface area (Å²) in [6.45, 7) is 4.98. The van der Waals surface area contributed by atoms with Crippen molar-refractivity contribution in [1.29, 1.82) is 0 Å². The van der Waals surface area contributed by atoms with Gasteiger partial charge in [0.2, 0.25) is 10.8 Å². The Morgan fingerprint density at radius 3 is 0.886 bits per heavy atom. The van der Waals surface area contributed by atoms with E-state index in [1.165, 1.54) is 0 Å². The Morgan fingerprint density at radius 2 is 0.686 bits per heavy atom. The SMILES string of the molecule is C=C(OC(=C)C(c1ccccc1)(C(F)(F)F)C(F)(F)F)C(c1ccccc1)(C(F)(F)F)C(F)(F)F. The van der Waals surface area contributed by atoms with Crippen molar-refractivity contribution in [2.24, 2.45) is 0 Å². The number of hydrogen-bond donors (Lipinski definition) is 0. The molecule has 0 aliphatic carbocycles. The zero-order chi connectivity index (χ0) is 27.1. The number of allylic oxidation sites excluding steroid dienone is 2. The van der Waals surface area contributed by atoms with E-state index in [-0.39, 0.29) is 0 Å². The Labute approximate surface area is 190 Å². The van der Waals surface area contributed by atoms with Gasteiger partial charge < -0.3 is 4.74 Å². The molecule has 0 radical (unpaired) electrons. The van der Waals surface area contributed by atoms with Gasteiger partial charge in [-0.25, -0.2) is 0 Å².